The van der Waals surface area contributed by atoms with Crippen LogP contribution in [-0.4, -0.2) is 75.5 Å². The molecule has 0 N–H and O–H groups in total. The van der Waals surface area contributed by atoms with Crippen molar-refractivity contribution in [3.8, 4) is 11.3 Å². The molecule has 0 radical (unpaired) electrons. The van der Waals surface area contributed by atoms with Crippen molar-refractivity contribution in [2.75, 3.05) is 32.8 Å². The molecule has 2 aromatic rings. The van der Waals surface area contributed by atoms with Crippen molar-refractivity contribution >= 4 is 11.8 Å². The van der Waals surface area contributed by atoms with E-state index in [9.17, 15) is 9.59 Å². The van der Waals surface area contributed by atoms with E-state index in [1.165, 1.54) is 5.56 Å². The molecule has 3 aliphatic rings. The largest absolute Gasteiger partial charge is 0.370 e. The summed E-state index contributed by atoms with van der Waals surface area (Å²) in [6.45, 7) is 10.4. The van der Waals surface area contributed by atoms with Gasteiger partial charge in [0.2, 0.25) is 0 Å². The lowest BCUT2D eigenvalue weighted by Gasteiger charge is -2.46. The van der Waals surface area contributed by atoms with Crippen molar-refractivity contribution in [3.05, 3.63) is 36.0 Å². The van der Waals surface area contributed by atoms with Crippen LogP contribution >= 0.6 is 0 Å². The van der Waals surface area contributed by atoms with E-state index in [0.717, 1.165) is 37.3 Å². The van der Waals surface area contributed by atoms with Crippen LogP contribution in [0.3, 0.4) is 0 Å². The quantitative estimate of drug-likeness (QED) is 0.716. The minimum absolute atomic E-state index is 0.0940. The Morgan fingerprint density at radius 3 is 2.61 bits per heavy atom. The molecular formula is C25H33N5O3. The van der Waals surface area contributed by atoms with E-state index in [4.69, 9.17) is 4.74 Å². The van der Waals surface area contributed by atoms with Crippen LogP contribution in [0.15, 0.2) is 30.5 Å². The van der Waals surface area contributed by atoms with Crippen molar-refractivity contribution < 1.29 is 14.3 Å². The summed E-state index contributed by atoms with van der Waals surface area (Å²) in [5.74, 6) is 0.655. The van der Waals surface area contributed by atoms with Crippen LogP contribution in [0.2, 0.25) is 0 Å². The smallest absolute Gasteiger partial charge is 0.320 e. The average molecular weight is 452 g/mol. The number of Topliss-reactive ketones (excluding diaryl/α,β-unsaturated/α-hetero) is 1. The van der Waals surface area contributed by atoms with Crippen molar-refractivity contribution in [2.45, 2.75) is 52.2 Å². The SMILES string of the molecule is CC(C)(C)Cn1nncc1-c1ccc(C2CN(C(=O)N3CC[C@@H]4OCC(=O)C[C@@H]4C3)C2)cc1. The van der Waals surface area contributed by atoms with Gasteiger partial charge in [-0.15, -0.1) is 5.10 Å². The standard InChI is InChI=1S/C25H33N5O3/c1-25(2,3)16-30-22(11-26-27-30)18-6-4-17(5-7-18)20-13-29(14-20)24(32)28-9-8-23-19(12-28)10-21(31)15-33-23/h4-7,11,19-20,23H,8-10,12-16H2,1-3H3/t19-,23+/m1/s1. The fourth-order valence-corrected chi connectivity index (χ4v) is 5.17. The van der Waals surface area contributed by atoms with Gasteiger partial charge < -0.3 is 14.5 Å². The van der Waals surface area contributed by atoms with Crippen LogP contribution in [0, 0.1) is 11.3 Å². The second-order valence-corrected chi connectivity index (χ2v) is 10.9. The summed E-state index contributed by atoms with van der Waals surface area (Å²) in [6.07, 6.45) is 3.30. The van der Waals surface area contributed by atoms with Crippen LogP contribution in [0.25, 0.3) is 11.3 Å². The number of piperidine rings is 1. The van der Waals surface area contributed by atoms with Crippen LogP contribution in [0.1, 0.15) is 45.1 Å². The Bertz CT molecular complexity index is 1020. The number of nitrogens with zero attached hydrogens (tertiary/aromatic N) is 5. The lowest BCUT2D eigenvalue weighted by Crippen LogP contribution is -2.58. The maximum Gasteiger partial charge on any atom is 0.320 e. The number of aromatic nitrogens is 3. The first kappa shape index (κ1) is 22.1. The van der Waals surface area contributed by atoms with Crippen molar-refractivity contribution in [2.24, 2.45) is 11.3 Å². The van der Waals surface area contributed by atoms with E-state index in [0.29, 0.717) is 25.4 Å². The molecule has 0 spiro atoms. The Morgan fingerprint density at radius 1 is 1.12 bits per heavy atom. The zero-order valence-corrected chi connectivity index (χ0v) is 19.7. The molecule has 5 rings (SSSR count). The molecule has 4 heterocycles. The topological polar surface area (TPSA) is 80.6 Å². The minimum atomic E-state index is 0.0940. The third kappa shape index (κ3) is 4.67. The number of hydrogen-bond acceptors (Lipinski definition) is 5. The summed E-state index contributed by atoms with van der Waals surface area (Å²) in [4.78, 5) is 28.5. The van der Waals surface area contributed by atoms with Crippen molar-refractivity contribution in [3.63, 3.8) is 0 Å². The fraction of sp³-hybridized carbons (Fsp3) is 0.600. The van der Waals surface area contributed by atoms with Crippen molar-refractivity contribution in [1.82, 2.24) is 24.8 Å². The Kier molecular flexibility index (Phi) is 5.72. The first-order valence-electron chi connectivity index (χ1n) is 11.9. The van der Waals surface area contributed by atoms with Crippen LogP contribution in [-0.2, 0) is 16.1 Å². The second-order valence-electron chi connectivity index (χ2n) is 10.9. The average Bonchev–Trinajstić information content (AvgIpc) is 3.19. The molecule has 0 saturated carbocycles. The summed E-state index contributed by atoms with van der Waals surface area (Å²) in [5.41, 5.74) is 3.50. The van der Waals surface area contributed by atoms with E-state index in [1.54, 1.807) is 0 Å². The van der Waals surface area contributed by atoms with Gasteiger partial charge in [-0.05, 0) is 17.4 Å². The van der Waals surface area contributed by atoms with Crippen molar-refractivity contribution in [1.29, 1.82) is 0 Å². The van der Waals surface area contributed by atoms with Crippen LogP contribution in [0.4, 0.5) is 4.79 Å². The highest BCUT2D eigenvalue weighted by Crippen LogP contribution is 2.32. The predicted octanol–water partition coefficient (Wildman–Crippen LogP) is 3.19. The van der Waals surface area contributed by atoms with E-state index in [1.807, 2.05) is 20.7 Å². The van der Waals surface area contributed by atoms with Gasteiger partial charge in [0.15, 0.2) is 5.78 Å². The van der Waals surface area contributed by atoms with Gasteiger partial charge in [0.1, 0.15) is 6.61 Å². The van der Waals surface area contributed by atoms with Gasteiger partial charge in [0, 0.05) is 56.5 Å². The highest BCUT2D eigenvalue weighted by atomic mass is 16.5. The molecule has 1 aromatic carbocycles. The lowest BCUT2D eigenvalue weighted by atomic mass is 9.87. The molecule has 33 heavy (non-hydrogen) atoms. The first-order valence-corrected chi connectivity index (χ1v) is 11.9. The van der Waals surface area contributed by atoms with E-state index < -0.39 is 0 Å². The number of ether oxygens (including phenoxy) is 1. The van der Waals surface area contributed by atoms with Crippen LogP contribution < -0.4 is 0 Å². The summed E-state index contributed by atoms with van der Waals surface area (Å²) in [6, 6.07) is 8.67. The van der Waals surface area contributed by atoms with Crippen LogP contribution in [0.5, 0.6) is 0 Å². The zero-order valence-electron chi connectivity index (χ0n) is 19.7. The Morgan fingerprint density at radius 2 is 1.88 bits per heavy atom. The third-order valence-electron chi connectivity index (χ3n) is 6.95. The fourth-order valence-electron chi connectivity index (χ4n) is 5.17. The Hall–Kier alpha value is -2.74. The molecule has 3 aliphatic heterocycles. The molecule has 2 amide bonds. The highest BCUT2D eigenvalue weighted by molar-refractivity contribution is 5.81. The molecule has 8 nitrogen and oxygen atoms in total. The van der Waals surface area contributed by atoms with Gasteiger partial charge in [-0.3, -0.25) is 4.79 Å². The molecule has 0 aliphatic carbocycles. The molecule has 0 bridgehead atoms. The van der Waals surface area contributed by atoms with Gasteiger partial charge in [-0.25, -0.2) is 9.48 Å². The van der Waals surface area contributed by atoms with Gasteiger partial charge in [0.05, 0.1) is 18.0 Å². The number of fused-ring (bicyclic) bond motifs is 1. The molecular weight excluding hydrogens is 418 g/mol. The van der Waals surface area contributed by atoms with Gasteiger partial charge in [-0.1, -0.05) is 50.3 Å². The molecule has 0 unspecified atom stereocenters. The molecule has 2 atom stereocenters. The zero-order chi connectivity index (χ0) is 23.2. The summed E-state index contributed by atoms with van der Waals surface area (Å²) < 4.78 is 7.62. The number of rotatable bonds is 3. The third-order valence-corrected chi connectivity index (χ3v) is 6.95. The number of carbonyl (C=O) groups is 2. The second kappa shape index (κ2) is 8.56. The summed E-state index contributed by atoms with van der Waals surface area (Å²) in [7, 11) is 0. The molecule has 3 fully saturated rings. The normalized spacial score (nSPS) is 23.9. The summed E-state index contributed by atoms with van der Waals surface area (Å²) in [5, 5.41) is 8.37. The highest BCUT2D eigenvalue weighted by Gasteiger charge is 2.40. The van der Waals surface area contributed by atoms with E-state index in [2.05, 4.69) is 55.3 Å². The number of ketones is 1. The van der Waals surface area contributed by atoms with E-state index in [-0.39, 0.29) is 35.9 Å². The first-order chi connectivity index (χ1) is 15.8. The van der Waals surface area contributed by atoms with E-state index >= 15 is 0 Å². The number of urea groups is 1. The number of amides is 2. The molecule has 1 aromatic heterocycles. The molecule has 3 saturated heterocycles. The van der Waals surface area contributed by atoms with Gasteiger partial charge in [-0.2, -0.15) is 0 Å². The lowest BCUT2D eigenvalue weighted by molar-refractivity contribution is -0.140. The number of benzene rings is 1. The number of hydrogen-bond donors (Lipinski definition) is 0. The van der Waals surface area contributed by atoms with Gasteiger partial charge >= 0.3 is 6.03 Å². The molecule has 8 heteroatoms. The predicted molar refractivity (Wildman–Crippen MR) is 124 cm³/mol. The van der Waals surface area contributed by atoms with Gasteiger partial charge in [0.25, 0.3) is 0 Å². The number of carbonyl (C=O) groups excluding carboxylic acids is 2. The Labute approximate surface area is 194 Å². The number of likely N-dealkylation sites (tertiary alicyclic amines) is 2. The maximum absolute atomic E-state index is 13.0. The monoisotopic (exact) mass is 451 g/mol. The summed E-state index contributed by atoms with van der Waals surface area (Å²) >= 11 is 0. The molecule has 176 valence electrons. The Balaban J connectivity index is 1.17. The minimum Gasteiger partial charge on any atom is -0.370 e. The maximum atomic E-state index is 13.0.